The minimum absolute atomic E-state index is 0.279. The van der Waals surface area contributed by atoms with E-state index >= 15 is 0 Å². The second-order valence-corrected chi connectivity index (χ2v) is 12.0. The summed E-state index contributed by atoms with van der Waals surface area (Å²) in [4.78, 5) is 0. The lowest BCUT2D eigenvalue weighted by molar-refractivity contribution is 0.00578. The van der Waals surface area contributed by atoms with E-state index in [2.05, 4.69) is 100 Å². The highest BCUT2D eigenvalue weighted by Crippen LogP contribution is 2.58. The first-order valence-electron chi connectivity index (χ1n) is 13.0. The Bertz CT molecular complexity index is 1110. The summed E-state index contributed by atoms with van der Waals surface area (Å²) in [5, 5.41) is 0. The average molecular weight is 451 g/mol. The SMILES string of the molecule is CC1(C)OB(c2ccc(C34CCC(c5ccc(-[c-]6cccc6)cc5)(CC3)CC4)cc2)OC1(C)C. The molecule has 0 amide bonds. The summed E-state index contributed by atoms with van der Waals surface area (Å²) in [6.07, 6.45) is 7.74. The Kier molecular flexibility index (Phi) is 5.00. The molecule has 0 unspecified atom stereocenters. The molecule has 1 saturated heterocycles. The van der Waals surface area contributed by atoms with Crippen molar-refractivity contribution < 1.29 is 9.31 Å². The molecule has 1 heterocycles. The zero-order valence-corrected chi connectivity index (χ0v) is 21.1. The first-order chi connectivity index (χ1) is 16.2. The zero-order chi connectivity index (χ0) is 23.6. The highest BCUT2D eigenvalue weighted by atomic mass is 16.7. The lowest BCUT2D eigenvalue weighted by atomic mass is 9.50. The van der Waals surface area contributed by atoms with Gasteiger partial charge in [-0.2, -0.15) is 12.1 Å². The van der Waals surface area contributed by atoms with E-state index in [-0.39, 0.29) is 18.3 Å². The molecule has 0 atom stereocenters. The van der Waals surface area contributed by atoms with Gasteiger partial charge in [-0.1, -0.05) is 47.5 Å². The van der Waals surface area contributed by atoms with Crippen LogP contribution in [0.25, 0.3) is 11.1 Å². The number of fused-ring (bicyclic) bond motifs is 3. The molecule has 2 bridgehead atoms. The van der Waals surface area contributed by atoms with Crippen molar-refractivity contribution in [2.45, 2.75) is 88.3 Å². The van der Waals surface area contributed by atoms with Gasteiger partial charge in [0.05, 0.1) is 11.2 Å². The second-order valence-electron chi connectivity index (χ2n) is 12.0. The molecule has 0 spiro atoms. The van der Waals surface area contributed by atoms with Crippen LogP contribution in [0.3, 0.4) is 0 Å². The fourth-order valence-electron chi connectivity index (χ4n) is 6.61. The average Bonchev–Trinajstić information content (AvgIpc) is 3.46. The van der Waals surface area contributed by atoms with Crippen LogP contribution in [-0.4, -0.2) is 18.3 Å². The summed E-state index contributed by atoms with van der Waals surface area (Å²) in [5.74, 6) is 0. The Morgan fingerprint density at radius 3 is 1.47 bits per heavy atom. The molecule has 7 rings (SSSR count). The van der Waals surface area contributed by atoms with Crippen LogP contribution in [0.5, 0.6) is 0 Å². The third kappa shape index (κ3) is 3.43. The molecule has 2 nitrogen and oxygen atoms in total. The van der Waals surface area contributed by atoms with Gasteiger partial charge in [0.15, 0.2) is 0 Å². The maximum atomic E-state index is 6.27. The van der Waals surface area contributed by atoms with Gasteiger partial charge in [-0.3, -0.25) is 0 Å². The van der Waals surface area contributed by atoms with Crippen LogP contribution in [0.15, 0.2) is 72.8 Å². The van der Waals surface area contributed by atoms with Crippen LogP contribution in [0.4, 0.5) is 0 Å². The number of hydrogen-bond donors (Lipinski definition) is 0. The fraction of sp³-hybridized carbons (Fsp3) is 0.452. The molecule has 4 fully saturated rings. The third-order valence-corrected chi connectivity index (χ3v) is 9.79. The Morgan fingerprint density at radius 1 is 0.618 bits per heavy atom. The number of hydrogen-bond acceptors (Lipinski definition) is 2. The van der Waals surface area contributed by atoms with Gasteiger partial charge in [0.1, 0.15) is 0 Å². The molecular weight excluding hydrogens is 415 g/mol. The molecule has 3 aromatic rings. The van der Waals surface area contributed by atoms with E-state index in [0.717, 1.165) is 5.46 Å². The van der Waals surface area contributed by atoms with E-state index in [4.69, 9.17) is 9.31 Å². The van der Waals surface area contributed by atoms with Crippen molar-refractivity contribution >= 4 is 12.6 Å². The van der Waals surface area contributed by atoms with Gasteiger partial charge in [0.2, 0.25) is 0 Å². The minimum atomic E-state index is -0.299. The minimum Gasteiger partial charge on any atom is -0.399 e. The molecule has 176 valence electrons. The Balaban J connectivity index is 1.17. The van der Waals surface area contributed by atoms with Crippen LogP contribution in [0, 0.1) is 0 Å². The quantitative estimate of drug-likeness (QED) is 0.317. The van der Waals surface area contributed by atoms with Crippen molar-refractivity contribution in [2.24, 2.45) is 0 Å². The van der Waals surface area contributed by atoms with Gasteiger partial charge in [-0.05, 0) is 88.1 Å². The topological polar surface area (TPSA) is 18.5 Å². The van der Waals surface area contributed by atoms with Gasteiger partial charge >= 0.3 is 7.12 Å². The van der Waals surface area contributed by atoms with Crippen molar-refractivity contribution in [1.82, 2.24) is 0 Å². The van der Waals surface area contributed by atoms with Crippen molar-refractivity contribution in [3.05, 3.63) is 83.9 Å². The van der Waals surface area contributed by atoms with E-state index in [1.807, 2.05) is 0 Å². The van der Waals surface area contributed by atoms with Crippen molar-refractivity contribution in [3.63, 3.8) is 0 Å². The molecule has 0 N–H and O–H groups in total. The lowest BCUT2D eigenvalue weighted by Gasteiger charge is -2.54. The monoisotopic (exact) mass is 451 g/mol. The van der Waals surface area contributed by atoms with Gasteiger partial charge in [-0.15, -0.1) is 29.8 Å². The highest BCUT2D eigenvalue weighted by Gasteiger charge is 2.52. The third-order valence-electron chi connectivity index (χ3n) is 9.79. The lowest BCUT2D eigenvalue weighted by Crippen LogP contribution is -2.46. The largest absolute Gasteiger partial charge is 0.494 e. The maximum absolute atomic E-state index is 6.27. The molecule has 3 aromatic carbocycles. The number of rotatable bonds is 4. The fourth-order valence-corrected chi connectivity index (χ4v) is 6.61. The molecule has 1 aliphatic heterocycles. The zero-order valence-electron chi connectivity index (χ0n) is 21.1. The number of benzene rings is 2. The molecule has 3 aliphatic carbocycles. The molecule has 3 saturated carbocycles. The summed E-state index contributed by atoms with van der Waals surface area (Å²) < 4.78 is 12.5. The van der Waals surface area contributed by atoms with Gasteiger partial charge in [0.25, 0.3) is 0 Å². The van der Waals surface area contributed by atoms with Crippen molar-refractivity contribution in [1.29, 1.82) is 0 Å². The first-order valence-corrected chi connectivity index (χ1v) is 13.0. The van der Waals surface area contributed by atoms with E-state index < -0.39 is 0 Å². The smallest absolute Gasteiger partial charge is 0.399 e. The second kappa shape index (κ2) is 7.64. The molecule has 4 aliphatic rings. The molecule has 0 radical (unpaired) electrons. The van der Waals surface area contributed by atoms with E-state index in [9.17, 15) is 0 Å². The highest BCUT2D eigenvalue weighted by molar-refractivity contribution is 6.62. The predicted molar refractivity (Wildman–Crippen MR) is 141 cm³/mol. The Labute approximate surface area is 205 Å². The molecule has 0 aromatic heterocycles. The van der Waals surface area contributed by atoms with Crippen LogP contribution < -0.4 is 5.46 Å². The van der Waals surface area contributed by atoms with Crippen LogP contribution in [0.1, 0.15) is 77.3 Å². The summed E-state index contributed by atoms with van der Waals surface area (Å²) in [6, 6.07) is 27.3. The Hall–Kier alpha value is -2.23. The maximum Gasteiger partial charge on any atom is 0.494 e. The van der Waals surface area contributed by atoms with Gasteiger partial charge < -0.3 is 9.31 Å². The standard InChI is InChI=1S/C31H36BO2/c1-28(2)29(3,4)34-32(33-28)27-15-13-26(14-16-27)31-20-17-30(18-21-31,19-22-31)25-11-9-24(10-12-25)23-7-5-6-8-23/h5-16H,17-22H2,1-4H3/q-1. The van der Waals surface area contributed by atoms with Gasteiger partial charge in [-0.25, -0.2) is 0 Å². The molecular formula is C31H36BO2-. The summed E-state index contributed by atoms with van der Waals surface area (Å²) in [6.45, 7) is 8.47. The summed E-state index contributed by atoms with van der Waals surface area (Å²) in [7, 11) is -0.279. The van der Waals surface area contributed by atoms with E-state index in [1.165, 1.54) is 55.2 Å². The van der Waals surface area contributed by atoms with Crippen LogP contribution >= 0.6 is 0 Å². The summed E-state index contributed by atoms with van der Waals surface area (Å²) >= 11 is 0. The van der Waals surface area contributed by atoms with Crippen molar-refractivity contribution in [3.8, 4) is 11.1 Å². The first kappa shape index (κ1) is 22.3. The van der Waals surface area contributed by atoms with Crippen LogP contribution in [-0.2, 0) is 20.1 Å². The predicted octanol–water partition coefficient (Wildman–Crippen LogP) is 6.92. The Morgan fingerprint density at radius 2 is 1.03 bits per heavy atom. The molecule has 3 heteroatoms. The van der Waals surface area contributed by atoms with Gasteiger partial charge in [0, 0.05) is 0 Å². The van der Waals surface area contributed by atoms with Crippen molar-refractivity contribution in [2.75, 3.05) is 0 Å². The molecule has 34 heavy (non-hydrogen) atoms. The van der Waals surface area contributed by atoms with E-state index in [0.29, 0.717) is 10.8 Å². The van der Waals surface area contributed by atoms with Crippen LogP contribution in [0.2, 0.25) is 0 Å². The normalized spacial score (nSPS) is 29.5. The summed E-state index contributed by atoms with van der Waals surface area (Å²) in [5.41, 5.74) is 6.94. The van der Waals surface area contributed by atoms with E-state index in [1.54, 1.807) is 5.56 Å².